The van der Waals surface area contributed by atoms with Crippen LogP contribution in [0.1, 0.15) is 24.5 Å². The van der Waals surface area contributed by atoms with Gasteiger partial charge in [0, 0.05) is 26.1 Å². The van der Waals surface area contributed by atoms with E-state index in [2.05, 4.69) is 15.5 Å². The molecule has 0 unspecified atom stereocenters. The van der Waals surface area contributed by atoms with Gasteiger partial charge in [-0.2, -0.15) is 0 Å². The number of sulfone groups is 1. The third-order valence-corrected chi connectivity index (χ3v) is 5.74. The number of rotatable bonds is 3. The van der Waals surface area contributed by atoms with Crippen molar-refractivity contribution in [3.8, 4) is 0 Å². The fourth-order valence-corrected chi connectivity index (χ4v) is 4.48. The van der Waals surface area contributed by atoms with Crippen molar-refractivity contribution in [1.82, 2.24) is 25.0 Å². The summed E-state index contributed by atoms with van der Waals surface area (Å²) in [5, 5.41) is 11.0. The summed E-state index contributed by atoms with van der Waals surface area (Å²) in [6.45, 7) is 1.27. The molecule has 0 aromatic carbocycles. The Hall–Kier alpha value is -1.64. The number of nitrogens with one attached hydrogen (secondary N) is 1. The molecule has 3 heterocycles. The largest absolute Gasteiger partial charge is 0.334 e. The first-order valence-electron chi connectivity index (χ1n) is 7.07. The van der Waals surface area contributed by atoms with Gasteiger partial charge >= 0.3 is 6.03 Å². The molecular weight excluding hydrogens is 294 g/mol. The van der Waals surface area contributed by atoms with Gasteiger partial charge < -0.3 is 14.8 Å². The van der Waals surface area contributed by atoms with Crippen molar-refractivity contribution < 1.29 is 13.2 Å². The molecule has 0 saturated carbocycles. The van der Waals surface area contributed by atoms with Crippen LogP contribution in [0.4, 0.5) is 4.79 Å². The van der Waals surface area contributed by atoms with Crippen molar-refractivity contribution in [1.29, 1.82) is 0 Å². The maximum absolute atomic E-state index is 12.1. The van der Waals surface area contributed by atoms with Gasteiger partial charge in [0.2, 0.25) is 0 Å². The monoisotopic (exact) mass is 313 g/mol. The quantitative estimate of drug-likeness (QED) is 0.815. The minimum atomic E-state index is -2.98. The van der Waals surface area contributed by atoms with Gasteiger partial charge in [-0.15, -0.1) is 10.2 Å². The topological polar surface area (TPSA) is 97.2 Å². The second-order valence-electron chi connectivity index (χ2n) is 5.69. The maximum Gasteiger partial charge on any atom is 0.317 e. The Morgan fingerprint density at radius 1 is 1.48 bits per heavy atom. The fourth-order valence-electron chi connectivity index (χ4n) is 2.81. The lowest BCUT2D eigenvalue weighted by Gasteiger charge is -2.20. The van der Waals surface area contributed by atoms with Crippen molar-refractivity contribution in [3.05, 3.63) is 11.6 Å². The number of nitrogens with zero attached hydrogens (tertiary/aromatic N) is 4. The lowest BCUT2D eigenvalue weighted by Crippen LogP contribution is -2.43. The van der Waals surface area contributed by atoms with E-state index in [-0.39, 0.29) is 23.6 Å². The minimum absolute atomic E-state index is 0.0346. The fraction of sp³-hybridized carbons (Fsp3) is 0.750. The van der Waals surface area contributed by atoms with E-state index in [1.165, 1.54) is 4.90 Å². The Labute approximate surface area is 123 Å². The average molecular weight is 313 g/mol. The zero-order valence-corrected chi connectivity index (χ0v) is 12.8. The molecule has 2 aliphatic heterocycles. The number of hydrogen-bond acceptors (Lipinski definition) is 5. The first-order valence-corrected chi connectivity index (χ1v) is 8.90. The van der Waals surface area contributed by atoms with E-state index in [4.69, 9.17) is 0 Å². The summed E-state index contributed by atoms with van der Waals surface area (Å²) in [5.41, 5.74) is 0. The van der Waals surface area contributed by atoms with Crippen LogP contribution < -0.4 is 5.32 Å². The van der Waals surface area contributed by atoms with E-state index in [9.17, 15) is 13.2 Å². The molecular formula is C12H19N5O3S. The third kappa shape index (κ3) is 3.02. The summed E-state index contributed by atoms with van der Waals surface area (Å²) < 4.78 is 24.8. The summed E-state index contributed by atoms with van der Waals surface area (Å²) in [6, 6.07) is -0.554. The maximum atomic E-state index is 12.1. The van der Waals surface area contributed by atoms with Crippen LogP contribution in [0.5, 0.6) is 0 Å². The Morgan fingerprint density at radius 2 is 2.29 bits per heavy atom. The van der Waals surface area contributed by atoms with Crippen molar-refractivity contribution >= 4 is 15.9 Å². The van der Waals surface area contributed by atoms with Crippen LogP contribution in [0.25, 0.3) is 0 Å². The van der Waals surface area contributed by atoms with Gasteiger partial charge in [-0.3, -0.25) is 0 Å². The number of hydrogen-bond donors (Lipinski definition) is 1. The standard InChI is InChI=1S/C12H19N5O3S/c1-16(7-11-15-14-10-3-2-5-17(10)11)12(18)13-9-4-6-21(19,20)8-9/h9H,2-8H2,1H3,(H,13,18)/t9-/m0/s1. The summed E-state index contributed by atoms with van der Waals surface area (Å²) in [6.07, 6.45) is 2.48. The number of carbonyl (C=O) groups excluding carboxylic acids is 1. The van der Waals surface area contributed by atoms with Gasteiger partial charge in [0.15, 0.2) is 15.7 Å². The van der Waals surface area contributed by atoms with Crippen molar-refractivity contribution in [2.75, 3.05) is 18.6 Å². The van der Waals surface area contributed by atoms with Gasteiger partial charge in [0.05, 0.1) is 18.1 Å². The van der Waals surface area contributed by atoms with Gasteiger partial charge in [0.25, 0.3) is 0 Å². The molecule has 9 heteroatoms. The predicted octanol–water partition coefficient (Wildman–Crippen LogP) is -0.447. The molecule has 1 aromatic heterocycles. The second-order valence-corrected chi connectivity index (χ2v) is 7.92. The Morgan fingerprint density at radius 3 is 3.00 bits per heavy atom. The van der Waals surface area contributed by atoms with Crippen molar-refractivity contribution in [2.45, 2.75) is 38.4 Å². The summed E-state index contributed by atoms with van der Waals surface area (Å²) in [4.78, 5) is 13.6. The first kappa shape index (κ1) is 14.3. The first-order chi connectivity index (χ1) is 9.94. The van der Waals surface area contributed by atoms with E-state index in [0.717, 1.165) is 31.0 Å². The number of amides is 2. The van der Waals surface area contributed by atoms with E-state index >= 15 is 0 Å². The van der Waals surface area contributed by atoms with Gasteiger partial charge in [-0.1, -0.05) is 0 Å². The number of aromatic nitrogens is 3. The van der Waals surface area contributed by atoms with Crippen molar-refractivity contribution in [3.63, 3.8) is 0 Å². The average Bonchev–Trinajstić information content (AvgIpc) is 3.07. The van der Waals surface area contributed by atoms with E-state index in [0.29, 0.717) is 13.0 Å². The molecule has 1 fully saturated rings. The molecule has 2 aliphatic rings. The Bertz CT molecular complexity index is 654. The zero-order valence-electron chi connectivity index (χ0n) is 11.9. The van der Waals surface area contributed by atoms with Crippen LogP contribution in [0.3, 0.4) is 0 Å². The lowest BCUT2D eigenvalue weighted by molar-refractivity contribution is 0.202. The molecule has 116 valence electrons. The molecule has 0 spiro atoms. The van der Waals surface area contributed by atoms with Crippen LogP contribution in [0, 0.1) is 0 Å². The van der Waals surface area contributed by atoms with Crippen LogP contribution in [0.2, 0.25) is 0 Å². The second kappa shape index (κ2) is 5.28. The van der Waals surface area contributed by atoms with E-state index < -0.39 is 9.84 Å². The molecule has 3 rings (SSSR count). The SMILES string of the molecule is CN(Cc1nnc2n1CCC2)C(=O)N[C@H]1CCS(=O)(=O)C1. The summed E-state index contributed by atoms with van der Waals surface area (Å²) in [7, 11) is -1.31. The normalized spacial score (nSPS) is 23.0. The number of aryl methyl sites for hydroxylation is 1. The summed E-state index contributed by atoms with van der Waals surface area (Å²) >= 11 is 0. The minimum Gasteiger partial charge on any atom is -0.334 e. The van der Waals surface area contributed by atoms with Crippen LogP contribution >= 0.6 is 0 Å². The molecule has 2 amide bonds. The highest BCUT2D eigenvalue weighted by Gasteiger charge is 2.30. The molecule has 8 nitrogen and oxygen atoms in total. The van der Waals surface area contributed by atoms with Gasteiger partial charge in [0.1, 0.15) is 5.82 Å². The van der Waals surface area contributed by atoms with Crippen LogP contribution in [-0.4, -0.2) is 58.7 Å². The molecule has 0 radical (unpaired) electrons. The highest BCUT2D eigenvalue weighted by atomic mass is 32.2. The number of fused-ring (bicyclic) bond motifs is 1. The van der Waals surface area contributed by atoms with Crippen molar-refractivity contribution in [2.24, 2.45) is 0 Å². The predicted molar refractivity (Wildman–Crippen MR) is 75.4 cm³/mol. The van der Waals surface area contributed by atoms with Gasteiger partial charge in [-0.25, -0.2) is 13.2 Å². The Kier molecular flexibility index (Phi) is 3.60. The van der Waals surface area contributed by atoms with E-state index in [1.54, 1.807) is 7.05 Å². The summed E-state index contributed by atoms with van der Waals surface area (Å²) in [5.74, 6) is 1.94. The Balaban J connectivity index is 1.58. The molecule has 0 bridgehead atoms. The molecule has 1 saturated heterocycles. The highest BCUT2D eigenvalue weighted by molar-refractivity contribution is 7.91. The number of urea groups is 1. The highest BCUT2D eigenvalue weighted by Crippen LogP contribution is 2.15. The molecule has 1 N–H and O–H groups in total. The van der Waals surface area contributed by atoms with Crippen LogP contribution in [0.15, 0.2) is 0 Å². The molecule has 1 atom stereocenters. The lowest BCUT2D eigenvalue weighted by atomic mass is 10.3. The molecule has 21 heavy (non-hydrogen) atoms. The smallest absolute Gasteiger partial charge is 0.317 e. The van der Waals surface area contributed by atoms with Gasteiger partial charge in [-0.05, 0) is 12.8 Å². The zero-order chi connectivity index (χ0) is 15.0. The molecule has 1 aromatic rings. The molecule has 0 aliphatic carbocycles. The number of carbonyl (C=O) groups is 1. The third-order valence-electron chi connectivity index (χ3n) is 3.97. The van der Waals surface area contributed by atoms with Crippen LogP contribution in [-0.2, 0) is 29.3 Å². The van der Waals surface area contributed by atoms with E-state index in [1.807, 2.05) is 4.57 Å².